The number of nitriles is 1. The summed E-state index contributed by atoms with van der Waals surface area (Å²) in [7, 11) is 0. The highest BCUT2D eigenvalue weighted by atomic mass is 14.7. The van der Waals surface area contributed by atoms with Gasteiger partial charge in [-0.25, -0.2) is 0 Å². The molecule has 2 nitrogen and oxygen atoms in total. The van der Waals surface area contributed by atoms with Crippen LogP contribution in [0.3, 0.4) is 0 Å². The number of aromatic nitrogens is 1. The van der Waals surface area contributed by atoms with Gasteiger partial charge in [0.15, 0.2) is 0 Å². The minimum absolute atomic E-state index is 0.181. The lowest BCUT2D eigenvalue weighted by molar-refractivity contribution is 0.406. The summed E-state index contributed by atoms with van der Waals surface area (Å²) in [6.45, 7) is 6.43. The molecule has 0 fully saturated rings. The van der Waals surface area contributed by atoms with Gasteiger partial charge in [0, 0.05) is 6.20 Å². The smallest absolute Gasteiger partial charge is 0.101 e. The second-order valence-electron chi connectivity index (χ2n) is 4.35. The van der Waals surface area contributed by atoms with E-state index in [1.54, 1.807) is 12.3 Å². The fourth-order valence-electron chi connectivity index (χ4n) is 1.18. The SMILES string of the molecule is CC(C)(C)Cc1ncccc1C#N. The highest BCUT2D eigenvalue weighted by Gasteiger charge is 2.14. The molecule has 68 valence electrons. The lowest BCUT2D eigenvalue weighted by atomic mass is 9.89. The fourth-order valence-corrected chi connectivity index (χ4v) is 1.18. The molecule has 0 bridgehead atoms. The van der Waals surface area contributed by atoms with Crippen LogP contribution in [0.4, 0.5) is 0 Å². The fraction of sp³-hybridized carbons (Fsp3) is 0.455. The summed E-state index contributed by atoms with van der Waals surface area (Å²) in [5.74, 6) is 0. The quantitative estimate of drug-likeness (QED) is 0.656. The Bertz CT molecular complexity index is 329. The van der Waals surface area contributed by atoms with Crippen LogP contribution in [0, 0.1) is 16.7 Å². The van der Waals surface area contributed by atoms with Crippen LogP contribution in [0.2, 0.25) is 0 Å². The van der Waals surface area contributed by atoms with Gasteiger partial charge in [-0.1, -0.05) is 20.8 Å². The zero-order chi connectivity index (χ0) is 9.90. The largest absolute Gasteiger partial charge is 0.260 e. The third kappa shape index (κ3) is 2.87. The molecule has 0 aliphatic carbocycles. The molecule has 0 aliphatic heterocycles. The normalized spacial score (nSPS) is 10.9. The average Bonchev–Trinajstić information content (AvgIpc) is 2.02. The van der Waals surface area contributed by atoms with Gasteiger partial charge >= 0.3 is 0 Å². The zero-order valence-electron chi connectivity index (χ0n) is 8.33. The van der Waals surface area contributed by atoms with Crippen LogP contribution in [-0.2, 0) is 6.42 Å². The summed E-state index contributed by atoms with van der Waals surface area (Å²) in [4.78, 5) is 4.21. The van der Waals surface area contributed by atoms with Crippen LogP contribution < -0.4 is 0 Å². The van der Waals surface area contributed by atoms with Crippen LogP contribution in [0.15, 0.2) is 18.3 Å². The number of pyridine rings is 1. The summed E-state index contributed by atoms with van der Waals surface area (Å²) >= 11 is 0. The highest BCUT2D eigenvalue weighted by molar-refractivity contribution is 5.32. The molecule has 1 aromatic heterocycles. The second-order valence-corrected chi connectivity index (χ2v) is 4.35. The second kappa shape index (κ2) is 3.57. The van der Waals surface area contributed by atoms with Gasteiger partial charge in [-0.15, -0.1) is 0 Å². The van der Waals surface area contributed by atoms with Crippen molar-refractivity contribution in [1.82, 2.24) is 4.98 Å². The van der Waals surface area contributed by atoms with E-state index in [2.05, 4.69) is 31.8 Å². The van der Waals surface area contributed by atoms with Crippen LogP contribution >= 0.6 is 0 Å². The Hall–Kier alpha value is -1.36. The molecule has 0 aliphatic rings. The van der Waals surface area contributed by atoms with Crippen molar-refractivity contribution in [2.45, 2.75) is 27.2 Å². The van der Waals surface area contributed by atoms with E-state index in [1.807, 2.05) is 6.07 Å². The van der Waals surface area contributed by atoms with Crippen molar-refractivity contribution in [2.75, 3.05) is 0 Å². The third-order valence-electron chi connectivity index (χ3n) is 1.71. The molecule has 0 radical (unpaired) electrons. The molecule has 0 spiro atoms. The van der Waals surface area contributed by atoms with Crippen LogP contribution in [0.1, 0.15) is 32.0 Å². The molecule has 0 aromatic carbocycles. The first-order valence-corrected chi connectivity index (χ1v) is 4.37. The van der Waals surface area contributed by atoms with Crippen molar-refractivity contribution in [3.8, 4) is 6.07 Å². The average molecular weight is 174 g/mol. The van der Waals surface area contributed by atoms with E-state index in [-0.39, 0.29) is 5.41 Å². The summed E-state index contributed by atoms with van der Waals surface area (Å²) in [5.41, 5.74) is 1.77. The molecular weight excluding hydrogens is 160 g/mol. The maximum Gasteiger partial charge on any atom is 0.101 e. The number of hydrogen-bond donors (Lipinski definition) is 0. The minimum atomic E-state index is 0.181. The van der Waals surface area contributed by atoms with E-state index in [0.29, 0.717) is 5.56 Å². The monoisotopic (exact) mass is 174 g/mol. The van der Waals surface area contributed by atoms with E-state index < -0.39 is 0 Å². The molecule has 13 heavy (non-hydrogen) atoms. The van der Waals surface area contributed by atoms with Crippen molar-refractivity contribution >= 4 is 0 Å². The van der Waals surface area contributed by atoms with Crippen molar-refractivity contribution in [3.63, 3.8) is 0 Å². The van der Waals surface area contributed by atoms with Gasteiger partial charge in [-0.2, -0.15) is 5.26 Å². The zero-order valence-corrected chi connectivity index (χ0v) is 8.33. The Kier molecular flexibility index (Phi) is 2.67. The predicted molar refractivity (Wildman–Crippen MR) is 52.1 cm³/mol. The molecule has 2 heteroatoms. The molecule has 1 aromatic rings. The first-order chi connectivity index (χ1) is 6.03. The van der Waals surface area contributed by atoms with Crippen LogP contribution in [-0.4, -0.2) is 4.98 Å². The van der Waals surface area contributed by atoms with Crippen molar-refractivity contribution in [2.24, 2.45) is 5.41 Å². The molecule has 0 saturated heterocycles. The molecule has 0 N–H and O–H groups in total. The number of rotatable bonds is 1. The molecule has 0 amide bonds. The Morgan fingerprint density at radius 1 is 1.46 bits per heavy atom. The molecule has 1 rings (SSSR count). The van der Waals surface area contributed by atoms with Crippen molar-refractivity contribution < 1.29 is 0 Å². The Labute approximate surface area is 79.2 Å². The van der Waals surface area contributed by atoms with E-state index in [1.165, 1.54) is 0 Å². The standard InChI is InChI=1S/C11H14N2/c1-11(2,3)7-10-9(8-12)5-4-6-13-10/h4-6H,7H2,1-3H3. The highest BCUT2D eigenvalue weighted by Crippen LogP contribution is 2.20. The molecule has 0 saturated carbocycles. The molecule has 0 atom stereocenters. The maximum absolute atomic E-state index is 8.83. The minimum Gasteiger partial charge on any atom is -0.260 e. The first-order valence-electron chi connectivity index (χ1n) is 4.37. The van der Waals surface area contributed by atoms with Gasteiger partial charge < -0.3 is 0 Å². The summed E-state index contributed by atoms with van der Waals surface area (Å²) < 4.78 is 0. The van der Waals surface area contributed by atoms with Gasteiger partial charge in [0.05, 0.1) is 11.3 Å². The molecule has 0 unspecified atom stereocenters. The topological polar surface area (TPSA) is 36.7 Å². The Morgan fingerprint density at radius 2 is 2.15 bits per heavy atom. The lowest BCUT2D eigenvalue weighted by Crippen LogP contribution is -2.11. The third-order valence-corrected chi connectivity index (χ3v) is 1.71. The number of hydrogen-bond acceptors (Lipinski definition) is 2. The van der Waals surface area contributed by atoms with Crippen LogP contribution in [0.25, 0.3) is 0 Å². The summed E-state index contributed by atoms with van der Waals surface area (Å²) in [6, 6.07) is 5.77. The van der Waals surface area contributed by atoms with Gasteiger partial charge in [0.2, 0.25) is 0 Å². The van der Waals surface area contributed by atoms with E-state index in [4.69, 9.17) is 5.26 Å². The first kappa shape index (κ1) is 9.73. The van der Waals surface area contributed by atoms with Gasteiger partial charge in [0.25, 0.3) is 0 Å². The van der Waals surface area contributed by atoms with Gasteiger partial charge in [0.1, 0.15) is 6.07 Å². The van der Waals surface area contributed by atoms with Crippen molar-refractivity contribution in [1.29, 1.82) is 5.26 Å². The molecular formula is C11H14N2. The number of nitrogens with zero attached hydrogens (tertiary/aromatic N) is 2. The van der Waals surface area contributed by atoms with E-state index in [0.717, 1.165) is 12.1 Å². The summed E-state index contributed by atoms with van der Waals surface area (Å²) in [5, 5.41) is 8.83. The van der Waals surface area contributed by atoms with E-state index in [9.17, 15) is 0 Å². The Morgan fingerprint density at radius 3 is 2.69 bits per heavy atom. The van der Waals surface area contributed by atoms with E-state index >= 15 is 0 Å². The van der Waals surface area contributed by atoms with Crippen LogP contribution in [0.5, 0.6) is 0 Å². The summed E-state index contributed by atoms with van der Waals surface area (Å²) in [6.07, 6.45) is 2.58. The van der Waals surface area contributed by atoms with Gasteiger partial charge in [-0.05, 0) is 24.0 Å². The van der Waals surface area contributed by atoms with Crippen molar-refractivity contribution in [3.05, 3.63) is 29.6 Å². The predicted octanol–water partition coefficient (Wildman–Crippen LogP) is 2.54. The molecule has 1 heterocycles. The Balaban J connectivity index is 2.96. The lowest BCUT2D eigenvalue weighted by Gasteiger charge is -2.17. The van der Waals surface area contributed by atoms with Gasteiger partial charge in [-0.3, -0.25) is 4.98 Å². The maximum atomic E-state index is 8.83.